The molecule has 2 atom stereocenters. The van der Waals surface area contributed by atoms with E-state index in [1.165, 1.54) is 5.56 Å². The second-order valence-corrected chi connectivity index (χ2v) is 5.23. The van der Waals surface area contributed by atoms with Crippen molar-refractivity contribution in [2.75, 3.05) is 13.1 Å². The first-order valence-corrected chi connectivity index (χ1v) is 6.72. The smallest absolute Gasteiger partial charge is 0.307 e. The number of carboxylic acid groups (broad SMARTS) is 1. The number of halogens is 1. The van der Waals surface area contributed by atoms with Crippen LogP contribution in [0.25, 0.3) is 0 Å². The second-order valence-electron chi connectivity index (χ2n) is 4.79. The summed E-state index contributed by atoms with van der Waals surface area (Å²) in [7, 11) is 0. The lowest BCUT2D eigenvalue weighted by Crippen LogP contribution is -2.27. The van der Waals surface area contributed by atoms with E-state index >= 15 is 0 Å². The molecular formula is C14H18ClNO2. The normalized spacial score (nSPS) is 22.0. The first-order chi connectivity index (χ1) is 8.61. The molecule has 1 fully saturated rings. The summed E-state index contributed by atoms with van der Waals surface area (Å²) in [6.07, 6.45) is 1.73. The SMILES string of the molecule is CCC(c1ccc(Cl)cc1)N1CCC(C(=O)O)C1. The fourth-order valence-corrected chi connectivity index (χ4v) is 2.79. The molecule has 4 heteroatoms. The number of rotatable bonds is 4. The molecule has 1 aromatic rings. The molecule has 0 amide bonds. The van der Waals surface area contributed by atoms with E-state index in [0.29, 0.717) is 12.6 Å². The molecule has 18 heavy (non-hydrogen) atoms. The van der Waals surface area contributed by atoms with Crippen LogP contribution in [-0.2, 0) is 4.79 Å². The van der Waals surface area contributed by atoms with Crippen LogP contribution in [0.3, 0.4) is 0 Å². The van der Waals surface area contributed by atoms with Crippen LogP contribution in [0, 0.1) is 5.92 Å². The predicted molar refractivity (Wildman–Crippen MR) is 71.8 cm³/mol. The molecule has 0 radical (unpaired) electrons. The maximum absolute atomic E-state index is 11.0. The fraction of sp³-hybridized carbons (Fsp3) is 0.500. The van der Waals surface area contributed by atoms with E-state index in [1.807, 2.05) is 24.3 Å². The number of hydrogen-bond acceptors (Lipinski definition) is 2. The van der Waals surface area contributed by atoms with Crippen LogP contribution in [0.2, 0.25) is 5.02 Å². The van der Waals surface area contributed by atoms with E-state index in [2.05, 4.69) is 11.8 Å². The van der Waals surface area contributed by atoms with Crippen molar-refractivity contribution in [2.45, 2.75) is 25.8 Å². The summed E-state index contributed by atoms with van der Waals surface area (Å²) in [5.41, 5.74) is 1.22. The van der Waals surface area contributed by atoms with Gasteiger partial charge in [-0.05, 0) is 37.1 Å². The summed E-state index contributed by atoms with van der Waals surface area (Å²) < 4.78 is 0. The van der Waals surface area contributed by atoms with Crippen molar-refractivity contribution in [3.05, 3.63) is 34.9 Å². The molecule has 1 N–H and O–H groups in total. The molecule has 0 spiro atoms. The van der Waals surface area contributed by atoms with Gasteiger partial charge in [0.05, 0.1) is 5.92 Å². The van der Waals surface area contributed by atoms with Crippen molar-refractivity contribution < 1.29 is 9.90 Å². The van der Waals surface area contributed by atoms with Gasteiger partial charge in [-0.1, -0.05) is 30.7 Å². The summed E-state index contributed by atoms with van der Waals surface area (Å²) in [5, 5.41) is 9.78. The number of aliphatic carboxylic acids is 1. The zero-order valence-electron chi connectivity index (χ0n) is 10.5. The first kappa shape index (κ1) is 13.4. The highest BCUT2D eigenvalue weighted by molar-refractivity contribution is 6.30. The lowest BCUT2D eigenvalue weighted by molar-refractivity contribution is -0.141. The molecule has 0 aliphatic carbocycles. The van der Waals surface area contributed by atoms with Crippen molar-refractivity contribution in [3.63, 3.8) is 0 Å². The molecule has 1 aliphatic rings. The largest absolute Gasteiger partial charge is 0.481 e. The van der Waals surface area contributed by atoms with E-state index in [4.69, 9.17) is 16.7 Å². The third kappa shape index (κ3) is 2.85. The van der Waals surface area contributed by atoms with Gasteiger partial charge in [-0.15, -0.1) is 0 Å². The molecule has 2 rings (SSSR count). The van der Waals surface area contributed by atoms with E-state index in [-0.39, 0.29) is 5.92 Å². The van der Waals surface area contributed by atoms with Crippen molar-refractivity contribution >= 4 is 17.6 Å². The minimum Gasteiger partial charge on any atom is -0.481 e. The van der Waals surface area contributed by atoms with Crippen LogP contribution in [0.15, 0.2) is 24.3 Å². The standard InChI is InChI=1S/C14H18ClNO2/c1-2-13(10-3-5-12(15)6-4-10)16-8-7-11(9-16)14(17)18/h3-6,11,13H,2,7-9H2,1H3,(H,17,18). The highest BCUT2D eigenvalue weighted by Gasteiger charge is 2.31. The number of nitrogens with zero attached hydrogens (tertiary/aromatic N) is 1. The molecule has 1 saturated heterocycles. The molecule has 0 saturated carbocycles. The van der Waals surface area contributed by atoms with Crippen molar-refractivity contribution in [3.8, 4) is 0 Å². The number of carboxylic acids is 1. The molecule has 1 aliphatic heterocycles. The summed E-state index contributed by atoms with van der Waals surface area (Å²) >= 11 is 5.89. The average molecular weight is 268 g/mol. The van der Waals surface area contributed by atoms with Crippen LogP contribution < -0.4 is 0 Å². The molecule has 1 heterocycles. The Morgan fingerprint density at radius 3 is 2.67 bits per heavy atom. The van der Waals surface area contributed by atoms with Gasteiger partial charge in [0.15, 0.2) is 0 Å². The maximum atomic E-state index is 11.0. The Bertz CT molecular complexity index is 418. The van der Waals surface area contributed by atoms with Gasteiger partial charge >= 0.3 is 5.97 Å². The van der Waals surface area contributed by atoms with Gasteiger partial charge < -0.3 is 5.11 Å². The van der Waals surface area contributed by atoms with E-state index in [0.717, 1.165) is 24.4 Å². The summed E-state index contributed by atoms with van der Waals surface area (Å²) in [6, 6.07) is 8.15. The number of benzene rings is 1. The Balaban J connectivity index is 2.10. The molecule has 0 aromatic heterocycles. The minimum absolute atomic E-state index is 0.216. The zero-order valence-corrected chi connectivity index (χ0v) is 11.2. The van der Waals surface area contributed by atoms with Gasteiger partial charge in [-0.25, -0.2) is 0 Å². The van der Waals surface area contributed by atoms with Crippen LogP contribution in [0.5, 0.6) is 0 Å². The quantitative estimate of drug-likeness (QED) is 0.911. The molecule has 2 unspecified atom stereocenters. The highest BCUT2D eigenvalue weighted by Crippen LogP contribution is 2.30. The van der Waals surface area contributed by atoms with Crippen molar-refractivity contribution in [1.29, 1.82) is 0 Å². The van der Waals surface area contributed by atoms with Crippen LogP contribution in [0.4, 0.5) is 0 Å². The Morgan fingerprint density at radius 2 is 2.17 bits per heavy atom. The zero-order chi connectivity index (χ0) is 13.1. The van der Waals surface area contributed by atoms with Gasteiger partial charge in [0.25, 0.3) is 0 Å². The lowest BCUT2D eigenvalue weighted by atomic mass is 10.0. The topological polar surface area (TPSA) is 40.5 Å². The Morgan fingerprint density at radius 1 is 1.50 bits per heavy atom. The van der Waals surface area contributed by atoms with Crippen LogP contribution >= 0.6 is 11.6 Å². The maximum Gasteiger partial charge on any atom is 0.307 e. The van der Waals surface area contributed by atoms with Crippen LogP contribution in [-0.4, -0.2) is 29.1 Å². The second kappa shape index (κ2) is 5.72. The first-order valence-electron chi connectivity index (χ1n) is 6.34. The Kier molecular flexibility index (Phi) is 4.25. The average Bonchev–Trinajstić information content (AvgIpc) is 2.82. The van der Waals surface area contributed by atoms with E-state index in [1.54, 1.807) is 0 Å². The van der Waals surface area contributed by atoms with Gasteiger partial charge in [-0.2, -0.15) is 0 Å². The summed E-state index contributed by atoms with van der Waals surface area (Å²) in [6.45, 7) is 3.64. The van der Waals surface area contributed by atoms with Gasteiger partial charge in [-0.3, -0.25) is 9.69 Å². The summed E-state index contributed by atoms with van der Waals surface area (Å²) in [5.74, 6) is -0.894. The van der Waals surface area contributed by atoms with Gasteiger partial charge in [0, 0.05) is 17.6 Å². The van der Waals surface area contributed by atoms with Crippen LogP contribution in [0.1, 0.15) is 31.4 Å². The highest BCUT2D eigenvalue weighted by atomic mass is 35.5. The number of likely N-dealkylation sites (tertiary alicyclic amines) is 1. The third-order valence-corrected chi connectivity index (χ3v) is 3.90. The Labute approximate surface area is 112 Å². The monoisotopic (exact) mass is 267 g/mol. The molecule has 98 valence electrons. The molecule has 3 nitrogen and oxygen atoms in total. The van der Waals surface area contributed by atoms with E-state index in [9.17, 15) is 4.79 Å². The molecular weight excluding hydrogens is 250 g/mol. The molecule has 0 bridgehead atoms. The summed E-state index contributed by atoms with van der Waals surface area (Å²) in [4.78, 5) is 13.3. The number of hydrogen-bond donors (Lipinski definition) is 1. The Hall–Kier alpha value is -1.06. The fourth-order valence-electron chi connectivity index (χ4n) is 2.66. The predicted octanol–water partition coefficient (Wildman–Crippen LogP) is 3.20. The minimum atomic E-state index is -0.677. The van der Waals surface area contributed by atoms with Gasteiger partial charge in [0.2, 0.25) is 0 Å². The van der Waals surface area contributed by atoms with Crippen molar-refractivity contribution in [2.24, 2.45) is 5.92 Å². The van der Waals surface area contributed by atoms with E-state index < -0.39 is 5.97 Å². The van der Waals surface area contributed by atoms with Gasteiger partial charge in [0.1, 0.15) is 0 Å². The third-order valence-electron chi connectivity index (χ3n) is 3.65. The van der Waals surface area contributed by atoms with Crippen molar-refractivity contribution in [1.82, 2.24) is 4.90 Å². The number of carbonyl (C=O) groups is 1. The molecule has 1 aromatic carbocycles. The lowest BCUT2D eigenvalue weighted by Gasteiger charge is -2.27.